The molecule has 0 saturated carbocycles. The quantitative estimate of drug-likeness (QED) is 0.728. The number of nitrogens with one attached hydrogen (secondary N) is 1. The molecular weight excluding hydrogens is 345 g/mol. The Balaban J connectivity index is 1.71. The van der Waals surface area contributed by atoms with E-state index in [4.69, 9.17) is 9.47 Å². The number of H-pyrrole nitrogens is 1. The van der Waals surface area contributed by atoms with Crippen molar-refractivity contribution in [2.75, 3.05) is 7.11 Å². The number of halogens is 1. The van der Waals surface area contributed by atoms with Gasteiger partial charge in [0.15, 0.2) is 5.16 Å². The summed E-state index contributed by atoms with van der Waals surface area (Å²) < 4.78 is 36.2. The molecule has 0 aliphatic carbocycles. The summed E-state index contributed by atoms with van der Waals surface area (Å²) in [5.41, 5.74) is 1.52. The van der Waals surface area contributed by atoms with Crippen LogP contribution in [0.5, 0.6) is 17.4 Å². The van der Waals surface area contributed by atoms with Crippen molar-refractivity contribution in [2.45, 2.75) is 17.8 Å². The lowest BCUT2D eigenvalue weighted by Gasteiger charge is -2.08. The molecule has 8 heteroatoms. The number of aromatic nitrogens is 3. The van der Waals surface area contributed by atoms with Crippen molar-refractivity contribution >= 4 is 10.8 Å². The molecule has 1 N–H and O–H groups in total. The molecular formula is C17H16FN3O3S. The number of aromatic amines is 1. The first-order valence-electron chi connectivity index (χ1n) is 7.42. The molecule has 0 saturated heterocycles. The van der Waals surface area contributed by atoms with Crippen LogP contribution in [0.25, 0.3) is 0 Å². The lowest BCUT2D eigenvalue weighted by molar-refractivity contribution is 0.410. The zero-order valence-corrected chi connectivity index (χ0v) is 14.5. The van der Waals surface area contributed by atoms with E-state index < -0.39 is 10.8 Å². The fraction of sp³-hybridized carbons (Fsp3) is 0.176. The molecule has 3 aromatic rings. The number of imidazole rings is 1. The molecule has 0 spiro atoms. The van der Waals surface area contributed by atoms with Crippen molar-refractivity contribution in [3.63, 3.8) is 0 Å². The average Bonchev–Trinajstić information content (AvgIpc) is 3.07. The van der Waals surface area contributed by atoms with Crippen LogP contribution in [0.1, 0.15) is 11.3 Å². The van der Waals surface area contributed by atoms with Gasteiger partial charge in [-0.1, -0.05) is 0 Å². The minimum Gasteiger partial charge on any atom is -0.496 e. The summed E-state index contributed by atoms with van der Waals surface area (Å²) >= 11 is 0. The van der Waals surface area contributed by atoms with Crippen molar-refractivity contribution in [1.82, 2.24) is 15.0 Å². The number of pyridine rings is 1. The van der Waals surface area contributed by atoms with Gasteiger partial charge in [0.25, 0.3) is 0 Å². The van der Waals surface area contributed by atoms with Crippen LogP contribution < -0.4 is 9.47 Å². The van der Waals surface area contributed by atoms with Crippen molar-refractivity contribution < 1.29 is 18.1 Å². The van der Waals surface area contributed by atoms with Crippen molar-refractivity contribution in [1.29, 1.82) is 0 Å². The first-order chi connectivity index (χ1) is 12.1. The number of rotatable bonds is 6. The van der Waals surface area contributed by atoms with E-state index in [-0.39, 0.29) is 16.7 Å². The third kappa shape index (κ3) is 4.03. The molecule has 1 atom stereocenters. The third-order valence-corrected chi connectivity index (χ3v) is 4.71. The molecule has 0 fully saturated rings. The van der Waals surface area contributed by atoms with Gasteiger partial charge < -0.3 is 14.5 Å². The third-order valence-electron chi connectivity index (χ3n) is 3.53. The molecule has 0 radical (unpaired) electrons. The monoisotopic (exact) mass is 361 g/mol. The molecule has 130 valence electrons. The van der Waals surface area contributed by atoms with Gasteiger partial charge in [0.2, 0.25) is 5.88 Å². The highest BCUT2D eigenvalue weighted by Gasteiger charge is 2.14. The Morgan fingerprint density at radius 3 is 2.68 bits per heavy atom. The molecule has 0 aliphatic heterocycles. The highest BCUT2D eigenvalue weighted by Crippen LogP contribution is 2.23. The Hall–Kier alpha value is -2.74. The number of nitrogens with zero attached hydrogens (tertiary/aromatic N) is 2. The maximum absolute atomic E-state index is 12.9. The second kappa shape index (κ2) is 7.43. The standard InChI is InChI=1S/C17H16FN3O3S/c1-11-14(19-8-7-15(11)23-2)10-25(22)17-20-9-16(21-17)24-13-5-3-12(18)4-6-13/h3-9H,10H2,1-2H3,(H,20,21). The van der Waals surface area contributed by atoms with Crippen LogP contribution in [0.15, 0.2) is 47.9 Å². The molecule has 6 nitrogen and oxygen atoms in total. The lowest BCUT2D eigenvalue weighted by Crippen LogP contribution is -2.03. The Labute approximate surface area is 146 Å². The fourth-order valence-corrected chi connectivity index (χ4v) is 3.26. The highest BCUT2D eigenvalue weighted by atomic mass is 32.2. The topological polar surface area (TPSA) is 77.1 Å². The fourth-order valence-electron chi connectivity index (χ4n) is 2.20. The Morgan fingerprint density at radius 2 is 1.96 bits per heavy atom. The van der Waals surface area contributed by atoms with E-state index in [9.17, 15) is 8.60 Å². The molecule has 2 aromatic heterocycles. The molecule has 3 rings (SSSR count). The van der Waals surface area contributed by atoms with E-state index in [1.807, 2.05) is 6.92 Å². The Bertz CT molecular complexity index is 896. The van der Waals surface area contributed by atoms with Gasteiger partial charge in [-0.3, -0.25) is 9.19 Å². The Kier molecular flexibility index (Phi) is 5.08. The number of hydrogen-bond acceptors (Lipinski definition) is 5. The minimum atomic E-state index is -1.42. The molecule has 1 unspecified atom stereocenters. The first kappa shape index (κ1) is 17.1. The summed E-state index contributed by atoms with van der Waals surface area (Å²) in [5, 5.41) is 0.279. The zero-order valence-electron chi connectivity index (χ0n) is 13.7. The maximum Gasteiger partial charge on any atom is 0.218 e. The minimum absolute atomic E-state index is 0.201. The van der Waals surface area contributed by atoms with Crippen LogP contribution in [0.4, 0.5) is 4.39 Å². The first-order valence-corrected chi connectivity index (χ1v) is 8.74. The summed E-state index contributed by atoms with van der Waals surface area (Å²) in [4.78, 5) is 11.2. The van der Waals surface area contributed by atoms with Crippen LogP contribution in [0.2, 0.25) is 0 Å². The van der Waals surface area contributed by atoms with E-state index in [1.165, 1.54) is 30.5 Å². The molecule has 2 heterocycles. The number of hydrogen-bond donors (Lipinski definition) is 1. The molecule has 25 heavy (non-hydrogen) atoms. The largest absolute Gasteiger partial charge is 0.496 e. The summed E-state index contributed by atoms with van der Waals surface area (Å²) in [5.74, 6) is 1.33. The van der Waals surface area contributed by atoms with Gasteiger partial charge in [0.1, 0.15) is 17.3 Å². The number of ether oxygens (including phenoxy) is 2. The van der Waals surface area contributed by atoms with Gasteiger partial charge in [-0.2, -0.15) is 0 Å². The summed E-state index contributed by atoms with van der Waals surface area (Å²) in [6, 6.07) is 7.33. The molecule has 0 bridgehead atoms. The van der Waals surface area contributed by atoms with Gasteiger partial charge in [0.05, 0.1) is 35.6 Å². The van der Waals surface area contributed by atoms with Crippen LogP contribution in [0, 0.1) is 12.7 Å². The summed E-state index contributed by atoms with van der Waals surface area (Å²) in [6.45, 7) is 1.86. The van der Waals surface area contributed by atoms with Crippen molar-refractivity contribution in [2.24, 2.45) is 0 Å². The molecule has 0 amide bonds. The van der Waals surface area contributed by atoms with Crippen molar-refractivity contribution in [3.05, 3.63) is 59.8 Å². The second-order valence-corrected chi connectivity index (χ2v) is 6.55. The average molecular weight is 361 g/mol. The van der Waals surface area contributed by atoms with Gasteiger partial charge >= 0.3 is 0 Å². The number of methoxy groups -OCH3 is 1. The van der Waals surface area contributed by atoms with E-state index >= 15 is 0 Å². The van der Waals surface area contributed by atoms with Crippen LogP contribution >= 0.6 is 0 Å². The van der Waals surface area contributed by atoms with Gasteiger partial charge in [-0.25, -0.2) is 9.37 Å². The van der Waals surface area contributed by atoms with Gasteiger partial charge in [0, 0.05) is 11.8 Å². The summed E-state index contributed by atoms with van der Waals surface area (Å²) in [7, 11) is 0.158. The van der Waals surface area contributed by atoms with E-state index in [1.54, 1.807) is 19.4 Å². The van der Waals surface area contributed by atoms with Crippen LogP contribution in [0.3, 0.4) is 0 Å². The normalized spacial score (nSPS) is 12.0. The second-order valence-electron chi connectivity index (χ2n) is 5.18. The molecule has 0 aliphatic rings. The van der Waals surface area contributed by atoms with E-state index in [0.29, 0.717) is 23.1 Å². The summed E-state index contributed by atoms with van der Waals surface area (Å²) in [6.07, 6.45) is 3.05. The maximum atomic E-state index is 12.9. The van der Waals surface area contributed by atoms with Gasteiger partial charge in [-0.05, 0) is 37.3 Å². The van der Waals surface area contributed by atoms with Crippen LogP contribution in [-0.4, -0.2) is 26.3 Å². The van der Waals surface area contributed by atoms with Gasteiger partial charge in [-0.15, -0.1) is 0 Å². The lowest BCUT2D eigenvalue weighted by atomic mass is 10.2. The van der Waals surface area contributed by atoms with E-state index in [0.717, 1.165) is 5.56 Å². The predicted molar refractivity (Wildman–Crippen MR) is 90.7 cm³/mol. The smallest absolute Gasteiger partial charge is 0.218 e. The molecule has 1 aromatic carbocycles. The SMILES string of the molecule is COc1ccnc(CS(=O)c2ncc(Oc3ccc(F)cc3)[nH]2)c1C. The van der Waals surface area contributed by atoms with E-state index in [2.05, 4.69) is 15.0 Å². The van der Waals surface area contributed by atoms with Crippen LogP contribution in [-0.2, 0) is 16.6 Å². The highest BCUT2D eigenvalue weighted by molar-refractivity contribution is 7.84. The van der Waals surface area contributed by atoms with Crippen molar-refractivity contribution in [3.8, 4) is 17.4 Å². The Morgan fingerprint density at radius 1 is 1.20 bits per heavy atom. The predicted octanol–water partition coefficient (Wildman–Crippen LogP) is 3.36. The number of benzene rings is 1. The zero-order chi connectivity index (χ0) is 17.8.